The SMILES string of the molecule is Cn1cc(-c2ccc3nnc(CC(=O)CN4CC5CC5C4)cc3c2)cn1. The highest BCUT2D eigenvalue weighted by Crippen LogP contribution is 2.44. The van der Waals surface area contributed by atoms with E-state index in [1.165, 1.54) is 6.42 Å². The second-order valence-electron chi connectivity index (χ2n) is 7.68. The topological polar surface area (TPSA) is 63.9 Å². The molecule has 2 fully saturated rings. The van der Waals surface area contributed by atoms with E-state index in [9.17, 15) is 4.79 Å². The smallest absolute Gasteiger partial charge is 0.152 e. The van der Waals surface area contributed by atoms with Gasteiger partial charge in [-0.2, -0.15) is 15.3 Å². The van der Waals surface area contributed by atoms with Crippen molar-refractivity contribution in [2.24, 2.45) is 18.9 Å². The fourth-order valence-corrected chi connectivity index (χ4v) is 4.06. The van der Waals surface area contributed by atoms with Gasteiger partial charge in [0, 0.05) is 37.3 Å². The van der Waals surface area contributed by atoms with Gasteiger partial charge in [0.2, 0.25) is 0 Å². The predicted molar refractivity (Wildman–Crippen MR) is 98.5 cm³/mol. The molecule has 1 saturated heterocycles. The number of ketones is 1. The summed E-state index contributed by atoms with van der Waals surface area (Å²) in [5.74, 6) is 1.94. The Hall–Kier alpha value is -2.60. The van der Waals surface area contributed by atoms with Gasteiger partial charge in [-0.3, -0.25) is 14.4 Å². The summed E-state index contributed by atoms with van der Waals surface area (Å²) < 4.78 is 1.79. The molecule has 0 amide bonds. The van der Waals surface area contributed by atoms with Gasteiger partial charge in [-0.1, -0.05) is 6.07 Å². The van der Waals surface area contributed by atoms with Crippen LogP contribution in [0.25, 0.3) is 22.0 Å². The van der Waals surface area contributed by atoms with Crippen molar-refractivity contribution in [3.05, 3.63) is 42.4 Å². The fraction of sp³-hybridized carbons (Fsp3) is 0.400. The number of likely N-dealkylation sites (tertiary alicyclic amines) is 1. The Labute approximate surface area is 151 Å². The highest BCUT2D eigenvalue weighted by molar-refractivity contribution is 5.86. The van der Waals surface area contributed by atoms with Gasteiger partial charge in [-0.15, -0.1) is 0 Å². The van der Waals surface area contributed by atoms with Crippen LogP contribution < -0.4 is 0 Å². The number of benzene rings is 1. The number of aromatic nitrogens is 4. The van der Waals surface area contributed by atoms with Gasteiger partial charge >= 0.3 is 0 Å². The van der Waals surface area contributed by atoms with E-state index in [2.05, 4.69) is 26.3 Å². The lowest BCUT2D eigenvalue weighted by Crippen LogP contribution is -2.30. The number of aryl methyl sites for hydroxylation is 1. The molecule has 1 aliphatic heterocycles. The maximum atomic E-state index is 12.4. The summed E-state index contributed by atoms with van der Waals surface area (Å²) >= 11 is 0. The van der Waals surface area contributed by atoms with Crippen molar-refractivity contribution in [2.45, 2.75) is 12.8 Å². The molecule has 26 heavy (non-hydrogen) atoms. The van der Waals surface area contributed by atoms with Crippen molar-refractivity contribution in [3.63, 3.8) is 0 Å². The first-order valence-electron chi connectivity index (χ1n) is 9.13. The number of Topliss-reactive ketones (excluding diaryl/α,β-unsaturated/α-hetero) is 1. The highest BCUT2D eigenvalue weighted by Gasteiger charge is 2.45. The Kier molecular flexibility index (Phi) is 3.60. The van der Waals surface area contributed by atoms with Gasteiger partial charge in [-0.25, -0.2) is 0 Å². The summed E-state index contributed by atoms with van der Waals surface area (Å²) in [7, 11) is 1.91. The Morgan fingerprint density at radius 1 is 1.15 bits per heavy atom. The van der Waals surface area contributed by atoms with E-state index in [1.807, 2.05) is 37.6 Å². The number of carbonyl (C=O) groups is 1. The van der Waals surface area contributed by atoms with Crippen molar-refractivity contribution < 1.29 is 4.79 Å². The van der Waals surface area contributed by atoms with Gasteiger partial charge in [0.05, 0.1) is 30.4 Å². The van der Waals surface area contributed by atoms with E-state index in [1.54, 1.807) is 4.68 Å². The second kappa shape index (κ2) is 5.99. The summed E-state index contributed by atoms with van der Waals surface area (Å²) in [6.07, 6.45) is 5.55. The second-order valence-corrected chi connectivity index (χ2v) is 7.68. The third-order valence-corrected chi connectivity index (χ3v) is 5.51. The van der Waals surface area contributed by atoms with Crippen LogP contribution in [0.2, 0.25) is 0 Å². The van der Waals surface area contributed by atoms with Crippen molar-refractivity contribution in [1.82, 2.24) is 24.9 Å². The molecule has 6 nitrogen and oxygen atoms in total. The van der Waals surface area contributed by atoms with E-state index in [-0.39, 0.29) is 5.78 Å². The summed E-state index contributed by atoms with van der Waals surface area (Å²) in [6, 6.07) is 8.06. The zero-order valence-electron chi connectivity index (χ0n) is 14.8. The normalized spacial score (nSPS) is 21.9. The molecule has 3 heterocycles. The van der Waals surface area contributed by atoms with E-state index in [0.29, 0.717) is 13.0 Å². The Bertz CT molecular complexity index is 985. The number of rotatable bonds is 5. The van der Waals surface area contributed by atoms with E-state index in [0.717, 1.165) is 52.6 Å². The lowest BCUT2D eigenvalue weighted by atomic mass is 10.1. The summed E-state index contributed by atoms with van der Waals surface area (Å²) in [4.78, 5) is 14.7. The van der Waals surface area contributed by atoms with Gasteiger partial charge in [0.1, 0.15) is 0 Å². The number of piperidine rings is 1. The van der Waals surface area contributed by atoms with Crippen molar-refractivity contribution >= 4 is 16.7 Å². The molecular formula is C20H21N5O. The molecule has 2 atom stereocenters. The van der Waals surface area contributed by atoms with Crippen LogP contribution in [-0.4, -0.2) is 50.3 Å². The number of hydrogen-bond donors (Lipinski definition) is 0. The fourth-order valence-electron chi connectivity index (χ4n) is 4.06. The zero-order chi connectivity index (χ0) is 17.7. The van der Waals surface area contributed by atoms with E-state index < -0.39 is 0 Å². The number of fused-ring (bicyclic) bond motifs is 2. The molecule has 0 radical (unpaired) electrons. The van der Waals surface area contributed by atoms with Crippen LogP contribution in [0.3, 0.4) is 0 Å². The van der Waals surface area contributed by atoms with Crippen LogP contribution in [0, 0.1) is 11.8 Å². The first-order valence-corrected chi connectivity index (χ1v) is 9.13. The third-order valence-electron chi connectivity index (χ3n) is 5.51. The average molecular weight is 347 g/mol. The van der Waals surface area contributed by atoms with E-state index >= 15 is 0 Å². The number of carbonyl (C=O) groups excluding carboxylic acids is 1. The minimum absolute atomic E-state index is 0.225. The molecule has 1 saturated carbocycles. The lowest BCUT2D eigenvalue weighted by Gasteiger charge is -2.15. The molecule has 132 valence electrons. The average Bonchev–Trinajstić information content (AvgIpc) is 3.01. The van der Waals surface area contributed by atoms with Crippen LogP contribution in [0.5, 0.6) is 0 Å². The summed E-state index contributed by atoms with van der Waals surface area (Å²) in [5.41, 5.74) is 3.74. The minimum Gasteiger partial charge on any atom is -0.298 e. The molecule has 6 heteroatoms. The van der Waals surface area contributed by atoms with E-state index in [4.69, 9.17) is 0 Å². The van der Waals surface area contributed by atoms with Crippen LogP contribution in [0.15, 0.2) is 36.7 Å². The number of nitrogens with zero attached hydrogens (tertiary/aromatic N) is 5. The van der Waals surface area contributed by atoms with Gasteiger partial charge in [0.25, 0.3) is 0 Å². The zero-order valence-corrected chi connectivity index (χ0v) is 14.8. The first-order chi connectivity index (χ1) is 12.6. The molecule has 0 bridgehead atoms. The third kappa shape index (κ3) is 3.01. The molecule has 0 spiro atoms. The summed E-state index contributed by atoms with van der Waals surface area (Å²) in [6.45, 7) is 2.73. The lowest BCUT2D eigenvalue weighted by molar-refractivity contribution is -0.119. The molecule has 1 aliphatic carbocycles. The predicted octanol–water partition coefficient (Wildman–Crippen LogP) is 2.09. The minimum atomic E-state index is 0.225. The Balaban J connectivity index is 1.33. The molecule has 5 rings (SSSR count). The van der Waals surface area contributed by atoms with Crippen molar-refractivity contribution in [1.29, 1.82) is 0 Å². The molecule has 2 unspecified atom stereocenters. The largest absolute Gasteiger partial charge is 0.298 e. The van der Waals surface area contributed by atoms with Crippen LogP contribution >= 0.6 is 0 Å². The van der Waals surface area contributed by atoms with Crippen LogP contribution in [0.1, 0.15) is 12.1 Å². The maximum Gasteiger partial charge on any atom is 0.152 e. The standard InChI is InChI=1S/C20H21N5O/c1-24-9-17(8-21-24)13-2-3-20-14(4-13)6-18(22-23-20)7-19(26)12-25-10-15-5-16(15)11-25/h2-4,6,8-9,15-16H,5,7,10-12H2,1H3. The van der Waals surface area contributed by atoms with Crippen molar-refractivity contribution in [2.75, 3.05) is 19.6 Å². The van der Waals surface area contributed by atoms with Gasteiger partial charge in [0.15, 0.2) is 5.78 Å². The van der Waals surface area contributed by atoms with Crippen LogP contribution in [-0.2, 0) is 18.3 Å². The summed E-state index contributed by atoms with van der Waals surface area (Å²) in [5, 5.41) is 13.8. The molecule has 2 aromatic heterocycles. The molecule has 0 N–H and O–H groups in total. The van der Waals surface area contributed by atoms with Crippen molar-refractivity contribution in [3.8, 4) is 11.1 Å². The maximum absolute atomic E-state index is 12.4. The quantitative estimate of drug-likeness (QED) is 0.707. The molecule has 3 aromatic rings. The van der Waals surface area contributed by atoms with Crippen LogP contribution in [0.4, 0.5) is 0 Å². The van der Waals surface area contributed by atoms with Gasteiger partial charge < -0.3 is 0 Å². The highest BCUT2D eigenvalue weighted by atomic mass is 16.1. The molecule has 2 aliphatic rings. The first kappa shape index (κ1) is 15.6. The van der Waals surface area contributed by atoms with Gasteiger partial charge in [-0.05, 0) is 42.0 Å². The number of hydrogen-bond acceptors (Lipinski definition) is 5. The monoisotopic (exact) mass is 347 g/mol. The molecule has 1 aromatic carbocycles. The Morgan fingerprint density at radius 3 is 2.77 bits per heavy atom. The molecular weight excluding hydrogens is 326 g/mol. The Morgan fingerprint density at radius 2 is 2.00 bits per heavy atom.